The van der Waals surface area contributed by atoms with Crippen LogP contribution in [0, 0.1) is 0 Å². The van der Waals surface area contributed by atoms with Crippen molar-refractivity contribution in [2.45, 2.75) is 24.7 Å². The van der Waals surface area contributed by atoms with E-state index in [0.29, 0.717) is 11.3 Å². The van der Waals surface area contributed by atoms with Crippen LogP contribution < -0.4 is 10.6 Å². The van der Waals surface area contributed by atoms with E-state index in [0.717, 1.165) is 12.1 Å². The lowest BCUT2D eigenvalue weighted by Gasteiger charge is -2.18. The number of aliphatic hydroxyl groups is 1. The van der Waals surface area contributed by atoms with Crippen LogP contribution in [0.5, 0.6) is 0 Å². The van der Waals surface area contributed by atoms with Crippen molar-refractivity contribution in [1.29, 1.82) is 0 Å². The molecule has 0 aliphatic carbocycles. The second kappa shape index (κ2) is 8.41. The molecular formula is C19H19F3N2O4. The quantitative estimate of drug-likeness (QED) is 0.692. The van der Waals surface area contributed by atoms with Crippen LogP contribution in [-0.4, -0.2) is 34.2 Å². The molecule has 1 fully saturated rings. The molecule has 1 unspecified atom stereocenters. The molecule has 4 N–H and O–H groups in total. The van der Waals surface area contributed by atoms with E-state index in [1.165, 1.54) is 11.0 Å². The molecule has 1 saturated heterocycles. The van der Waals surface area contributed by atoms with Crippen molar-refractivity contribution in [3.8, 4) is 0 Å². The fourth-order valence-electron chi connectivity index (χ4n) is 2.63. The molecule has 0 saturated carbocycles. The minimum absolute atomic E-state index is 0.0872. The summed E-state index contributed by atoms with van der Waals surface area (Å²) >= 11 is 0. The molecule has 0 bridgehead atoms. The first kappa shape index (κ1) is 21.4. The maximum absolute atomic E-state index is 12.1. The predicted octanol–water partition coefficient (Wildman–Crippen LogP) is 2.40. The van der Waals surface area contributed by atoms with Crippen LogP contribution in [0.15, 0.2) is 54.6 Å². The summed E-state index contributed by atoms with van der Waals surface area (Å²) in [6.45, 7) is 0.343. The van der Waals surface area contributed by atoms with Crippen LogP contribution in [0.1, 0.15) is 17.5 Å². The average Bonchev–Trinajstić information content (AvgIpc) is 2.99. The zero-order valence-corrected chi connectivity index (χ0v) is 14.7. The van der Waals surface area contributed by atoms with Crippen LogP contribution in [0.2, 0.25) is 0 Å². The highest BCUT2D eigenvalue weighted by molar-refractivity contribution is 6.14. The largest absolute Gasteiger partial charge is 0.479 e. The maximum Gasteiger partial charge on any atom is 0.416 e. The molecule has 150 valence electrons. The molecule has 9 heteroatoms. The Kier molecular flexibility index (Phi) is 6.42. The number of para-hydroxylation sites is 1. The van der Waals surface area contributed by atoms with Crippen LogP contribution in [0.3, 0.4) is 0 Å². The van der Waals surface area contributed by atoms with Gasteiger partial charge in [0.25, 0.3) is 5.91 Å². The molecule has 1 aliphatic heterocycles. The van der Waals surface area contributed by atoms with Gasteiger partial charge in [-0.2, -0.15) is 13.2 Å². The molecule has 0 spiro atoms. The van der Waals surface area contributed by atoms with Crippen molar-refractivity contribution >= 4 is 17.6 Å². The van der Waals surface area contributed by atoms with Gasteiger partial charge in [0.1, 0.15) is 0 Å². The number of alkyl halides is 3. The Morgan fingerprint density at radius 3 is 2.29 bits per heavy atom. The van der Waals surface area contributed by atoms with Gasteiger partial charge in [0, 0.05) is 25.2 Å². The SMILES string of the molecule is NCc1cccc(C(F)(F)F)c1.O=C(O)C1(O)CCN(c2ccccc2)C1=O. The van der Waals surface area contributed by atoms with Crippen molar-refractivity contribution in [1.82, 2.24) is 0 Å². The zero-order valence-electron chi connectivity index (χ0n) is 14.7. The number of halogens is 3. The fourth-order valence-corrected chi connectivity index (χ4v) is 2.63. The van der Waals surface area contributed by atoms with E-state index in [-0.39, 0.29) is 19.5 Å². The lowest BCUT2D eigenvalue weighted by atomic mass is 10.0. The Hall–Kier alpha value is -2.91. The molecule has 6 nitrogen and oxygen atoms in total. The van der Waals surface area contributed by atoms with Gasteiger partial charge in [-0.1, -0.05) is 36.4 Å². The summed E-state index contributed by atoms with van der Waals surface area (Å²) in [6.07, 6.45) is -4.36. The molecule has 0 radical (unpaired) electrons. The van der Waals surface area contributed by atoms with Crippen molar-refractivity contribution in [3.63, 3.8) is 0 Å². The molecule has 2 aromatic rings. The van der Waals surface area contributed by atoms with Gasteiger partial charge >= 0.3 is 12.1 Å². The lowest BCUT2D eigenvalue weighted by molar-refractivity contribution is -0.162. The number of nitrogens with two attached hydrogens (primary N) is 1. The number of carbonyl (C=O) groups excluding carboxylic acids is 1. The number of rotatable bonds is 3. The van der Waals surface area contributed by atoms with Gasteiger partial charge in [-0.25, -0.2) is 4.79 Å². The third kappa shape index (κ3) is 4.68. The van der Waals surface area contributed by atoms with Crippen molar-refractivity contribution < 1.29 is 33.0 Å². The number of amides is 1. The van der Waals surface area contributed by atoms with E-state index in [9.17, 15) is 27.9 Å². The van der Waals surface area contributed by atoms with Crippen molar-refractivity contribution in [2.75, 3.05) is 11.4 Å². The first-order valence-electron chi connectivity index (χ1n) is 8.28. The van der Waals surface area contributed by atoms with E-state index < -0.39 is 29.2 Å². The topological polar surface area (TPSA) is 104 Å². The van der Waals surface area contributed by atoms with Gasteiger partial charge in [0.2, 0.25) is 5.60 Å². The Balaban J connectivity index is 0.000000209. The lowest BCUT2D eigenvalue weighted by Crippen LogP contribution is -2.46. The first-order chi connectivity index (χ1) is 13.1. The smallest absolute Gasteiger partial charge is 0.416 e. The minimum atomic E-state index is -4.27. The fraction of sp³-hybridized carbons (Fsp3) is 0.263. The number of carboxylic acids is 1. The second-order valence-electron chi connectivity index (χ2n) is 6.11. The standard InChI is InChI=1S/C11H11NO4.C8H8F3N/c13-9-11(16,10(14)15)6-7-12(9)8-4-2-1-3-5-8;9-8(10,11)7-3-1-2-6(4-7)5-12/h1-5,16H,6-7H2,(H,14,15);1-4H,5,12H2. The highest BCUT2D eigenvalue weighted by Crippen LogP contribution is 2.29. The van der Waals surface area contributed by atoms with Crippen LogP contribution >= 0.6 is 0 Å². The molecule has 1 amide bonds. The van der Waals surface area contributed by atoms with E-state index in [2.05, 4.69) is 0 Å². The van der Waals surface area contributed by atoms with Gasteiger partial charge in [-0.15, -0.1) is 0 Å². The number of aliphatic carboxylic acids is 1. The normalized spacial score (nSPS) is 19.2. The number of benzene rings is 2. The number of nitrogens with zero attached hydrogens (tertiary/aromatic N) is 1. The number of anilines is 1. The zero-order chi connectivity index (χ0) is 20.9. The predicted molar refractivity (Wildman–Crippen MR) is 95.3 cm³/mol. The molecule has 2 aromatic carbocycles. The highest BCUT2D eigenvalue weighted by Gasteiger charge is 2.52. The minimum Gasteiger partial charge on any atom is -0.479 e. The Labute approximate surface area is 159 Å². The van der Waals surface area contributed by atoms with Crippen molar-refractivity contribution in [3.05, 3.63) is 65.7 Å². The second-order valence-corrected chi connectivity index (χ2v) is 6.11. The van der Waals surface area contributed by atoms with Gasteiger partial charge in [0.05, 0.1) is 5.56 Å². The molecule has 0 aromatic heterocycles. The van der Waals surface area contributed by atoms with Gasteiger partial charge in [0.15, 0.2) is 0 Å². The Bertz CT molecular complexity index is 843. The summed E-state index contributed by atoms with van der Waals surface area (Å²) in [5.74, 6) is -2.26. The maximum atomic E-state index is 12.1. The number of hydrogen-bond donors (Lipinski definition) is 3. The van der Waals surface area contributed by atoms with E-state index in [1.54, 1.807) is 36.4 Å². The molecule has 1 aliphatic rings. The summed E-state index contributed by atoms with van der Waals surface area (Å²) in [4.78, 5) is 23.9. The molecule has 28 heavy (non-hydrogen) atoms. The molecule has 1 atom stereocenters. The Morgan fingerprint density at radius 2 is 1.79 bits per heavy atom. The van der Waals surface area contributed by atoms with Crippen LogP contribution in [0.4, 0.5) is 18.9 Å². The first-order valence-corrected chi connectivity index (χ1v) is 8.28. The number of hydrogen-bond acceptors (Lipinski definition) is 4. The summed E-state index contributed by atoms with van der Waals surface area (Å²) in [5, 5.41) is 18.5. The van der Waals surface area contributed by atoms with E-state index in [4.69, 9.17) is 10.8 Å². The van der Waals surface area contributed by atoms with Gasteiger partial charge in [-0.3, -0.25) is 4.79 Å². The van der Waals surface area contributed by atoms with Gasteiger partial charge in [-0.05, 0) is 23.8 Å². The average molecular weight is 396 g/mol. The van der Waals surface area contributed by atoms with Crippen LogP contribution in [0.25, 0.3) is 0 Å². The highest BCUT2D eigenvalue weighted by atomic mass is 19.4. The Morgan fingerprint density at radius 1 is 1.14 bits per heavy atom. The van der Waals surface area contributed by atoms with E-state index in [1.807, 2.05) is 0 Å². The summed E-state index contributed by atoms with van der Waals surface area (Å²) < 4.78 is 36.2. The third-order valence-corrected chi connectivity index (χ3v) is 4.21. The summed E-state index contributed by atoms with van der Waals surface area (Å²) in [6, 6.07) is 13.7. The molecule has 1 heterocycles. The summed E-state index contributed by atoms with van der Waals surface area (Å²) in [7, 11) is 0. The van der Waals surface area contributed by atoms with Crippen LogP contribution in [-0.2, 0) is 22.3 Å². The van der Waals surface area contributed by atoms with Gasteiger partial charge < -0.3 is 20.8 Å². The monoisotopic (exact) mass is 396 g/mol. The molecular weight excluding hydrogens is 377 g/mol. The number of carbonyl (C=O) groups is 2. The molecule has 3 rings (SSSR count). The van der Waals surface area contributed by atoms with Crippen molar-refractivity contribution in [2.24, 2.45) is 5.73 Å². The number of carboxylic acid groups (broad SMARTS) is 1. The summed E-state index contributed by atoms with van der Waals surface area (Å²) in [5.41, 5.74) is 3.37. The third-order valence-electron chi connectivity index (χ3n) is 4.21. The van der Waals surface area contributed by atoms with E-state index >= 15 is 0 Å².